The van der Waals surface area contributed by atoms with Gasteiger partial charge in [0.1, 0.15) is 0 Å². The van der Waals surface area contributed by atoms with Crippen LogP contribution in [0.2, 0.25) is 0 Å². The summed E-state index contributed by atoms with van der Waals surface area (Å²) in [6.07, 6.45) is 20.8. The summed E-state index contributed by atoms with van der Waals surface area (Å²) in [7, 11) is 0. The van der Waals surface area contributed by atoms with Crippen molar-refractivity contribution in [2.75, 3.05) is 0 Å². The normalized spacial score (nSPS) is 42.4. The molecule has 0 aromatic heterocycles. The van der Waals surface area contributed by atoms with Crippen molar-refractivity contribution < 1.29 is 0 Å². The van der Waals surface area contributed by atoms with Gasteiger partial charge in [-0.1, -0.05) is 42.0 Å². The van der Waals surface area contributed by atoms with Crippen LogP contribution >= 0.6 is 0 Å². The maximum atomic E-state index is 2.33. The lowest BCUT2D eigenvalue weighted by atomic mass is 9.53. The number of allylic oxidation sites excluding steroid dienone is 8. The van der Waals surface area contributed by atoms with Gasteiger partial charge in [0.15, 0.2) is 0 Å². The fourth-order valence-corrected chi connectivity index (χ4v) is 4.86. The second-order valence-electron chi connectivity index (χ2n) is 6.32. The molecule has 4 saturated carbocycles. The Balaban J connectivity index is 1.76. The third-order valence-corrected chi connectivity index (χ3v) is 5.24. The molecule has 5 aliphatic carbocycles. The summed E-state index contributed by atoms with van der Waals surface area (Å²) in [5.74, 6) is 3.99. The summed E-state index contributed by atoms with van der Waals surface area (Å²) in [5, 5.41) is 0. The van der Waals surface area contributed by atoms with Crippen LogP contribution in [-0.2, 0) is 0 Å². The predicted octanol–water partition coefficient (Wildman–Crippen LogP) is 4.42. The van der Waals surface area contributed by atoms with E-state index in [4.69, 9.17) is 0 Å². The molecule has 0 atom stereocenters. The molecule has 17 heavy (non-hydrogen) atoms. The first-order chi connectivity index (χ1) is 8.40. The Kier molecular flexibility index (Phi) is 2.18. The third kappa shape index (κ3) is 1.57. The fraction of sp³-hybridized carbons (Fsp3) is 0.529. The largest absolute Gasteiger partial charge is 0.0622 e. The van der Waals surface area contributed by atoms with E-state index in [0.717, 1.165) is 23.7 Å². The van der Waals surface area contributed by atoms with E-state index in [2.05, 4.69) is 36.5 Å². The lowest BCUT2D eigenvalue weighted by molar-refractivity contribution is 0.0690. The van der Waals surface area contributed by atoms with Gasteiger partial charge in [-0.3, -0.25) is 0 Å². The van der Waals surface area contributed by atoms with Gasteiger partial charge in [0.2, 0.25) is 0 Å². The molecule has 4 bridgehead atoms. The van der Waals surface area contributed by atoms with Crippen molar-refractivity contribution in [2.45, 2.75) is 32.1 Å². The maximum Gasteiger partial charge on any atom is -0.0186 e. The maximum absolute atomic E-state index is 2.33. The molecule has 0 saturated heterocycles. The molecule has 4 fully saturated rings. The van der Waals surface area contributed by atoms with E-state index in [0.29, 0.717) is 0 Å². The molecular formula is C17H20. The number of rotatable bonds is 0. The Morgan fingerprint density at radius 1 is 0.647 bits per heavy atom. The number of hydrogen-bond donors (Lipinski definition) is 0. The molecule has 0 aliphatic heterocycles. The van der Waals surface area contributed by atoms with Crippen LogP contribution < -0.4 is 0 Å². The SMILES string of the molecule is C1=CC=CC(=C2C3CC4CC(C3)CC2C4)C=C1. The standard InChI is InChI=1S/C17H20/c1-2-4-6-14(5-3-1)17-15-8-12-7-13(10-15)11-16(17)9-12/h1-6,12-13,15-16H,7-11H2. The molecule has 0 heteroatoms. The van der Waals surface area contributed by atoms with Gasteiger partial charge in [-0.05, 0) is 61.3 Å². The van der Waals surface area contributed by atoms with Gasteiger partial charge in [-0.2, -0.15) is 0 Å². The van der Waals surface area contributed by atoms with E-state index < -0.39 is 0 Å². The molecule has 0 N–H and O–H groups in total. The van der Waals surface area contributed by atoms with E-state index >= 15 is 0 Å². The Morgan fingerprint density at radius 3 is 1.71 bits per heavy atom. The van der Waals surface area contributed by atoms with Crippen LogP contribution in [0.1, 0.15) is 32.1 Å². The van der Waals surface area contributed by atoms with E-state index in [-0.39, 0.29) is 0 Å². The van der Waals surface area contributed by atoms with E-state index in [9.17, 15) is 0 Å². The fourth-order valence-electron chi connectivity index (χ4n) is 4.86. The van der Waals surface area contributed by atoms with Crippen LogP contribution in [0.3, 0.4) is 0 Å². The quantitative estimate of drug-likeness (QED) is 0.571. The zero-order valence-corrected chi connectivity index (χ0v) is 10.3. The first kappa shape index (κ1) is 9.94. The molecule has 0 radical (unpaired) electrons. The van der Waals surface area contributed by atoms with Crippen LogP contribution in [-0.4, -0.2) is 0 Å². The molecule has 5 rings (SSSR count). The van der Waals surface area contributed by atoms with Crippen molar-refractivity contribution in [3.8, 4) is 0 Å². The highest BCUT2D eigenvalue weighted by Crippen LogP contribution is 2.57. The highest BCUT2D eigenvalue weighted by Gasteiger charge is 2.45. The molecule has 88 valence electrons. The molecule has 0 heterocycles. The summed E-state index contributed by atoms with van der Waals surface area (Å²) >= 11 is 0. The lowest BCUT2D eigenvalue weighted by Gasteiger charge is -2.52. The Hall–Kier alpha value is -1.04. The van der Waals surface area contributed by atoms with Crippen molar-refractivity contribution >= 4 is 0 Å². The Labute approximate surface area is 104 Å². The van der Waals surface area contributed by atoms with Gasteiger partial charge in [-0.15, -0.1) is 0 Å². The average Bonchev–Trinajstić information content (AvgIpc) is 2.56. The van der Waals surface area contributed by atoms with Crippen molar-refractivity contribution in [3.05, 3.63) is 47.6 Å². The van der Waals surface area contributed by atoms with Crippen LogP contribution in [0.25, 0.3) is 0 Å². The van der Waals surface area contributed by atoms with E-state index in [1.807, 2.05) is 5.57 Å². The minimum Gasteiger partial charge on any atom is -0.0622 e. The number of hydrogen-bond acceptors (Lipinski definition) is 0. The third-order valence-electron chi connectivity index (χ3n) is 5.24. The molecular weight excluding hydrogens is 204 g/mol. The topological polar surface area (TPSA) is 0 Å². The highest BCUT2D eigenvalue weighted by atomic mass is 14.5. The Morgan fingerprint density at radius 2 is 1.18 bits per heavy atom. The summed E-state index contributed by atoms with van der Waals surface area (Å²) in [4.78, 5) is 0. The van der Waals surface area contributed by atoms with Crippen LogP contribution in [0.15, 0.2) is 47.6 Å². The highest BCUT2D eigenvalue weighted by molar-refractivity contribution is 5.44. The monoisotopic (exact) mass is 224 g/mol. The van der Waals surface area contributed by atoms with Crippen LogP contribution in [0.5, 0.6) is 0 Å². The van der Waals surface area contributed by atoms with Crippen molar-refractivity contribution in [1.82, 2.24) is 0 Å². The van der Waals surface area contributed by atoms with Gasteiger partial charge in [0, 0.05) is 0 Å². The first-order valence-corrected chi connectivity index (χ1v) is 7.15. The summed E-state index contributed by atoms with van der Waals surface area (Å²) in [5.41, 5.74) is 3.34. The van der Waals surface area contributed by atoms with Crippen molar-refractivity contribution in [3.63, 3.8) is 0 Å². The zero-order chi connectivity index (χ0) is 11.2. The molecule has 0 spiro atoms. The lowest BCUT2D eigenvalue weighted by Crippen LogP contribution is -2.40. The van der Waals surface area contributed by atoms with E-state index in [1.165, 1.54) is 31.3 Å². The first-order valence-electron chi connectivity index (χ1n) is 7.15. The molecule has 0 nitrogen and oxygen atoms in total. The molecule has 5 aliphatic rings. The van der Waals surface area contributed by atoms with Crippen molar-refractivity contribution in [2.24, 2.45) is 23.7 Å². The zero-order valence-electron chi connectivity index (χ0n) is 10.3. The van der Waals surface area contributed by atoms with Gasteiger partial charge < -0.3 is 0 Å². The smallest absolute Gasteiger partial charge is 0.0186 e. The van der Waals surface area contributed by atoms with Crippen LogP contribution in [0, 0.1) is 23.7 Å². The van der Waals surface area contributed by atoms with Gasteiger partial charge in [0.05, 0.1) is 0 Å². The van der Waals surface area contributed by atoms with Gasteiger partial charge >= 0.3 is 0 Å². The minimum atomic E-state index is 0.925. The molecule has 0 amide bonds. The molecule has 0 aromatic rings. The van der Waals surface area contributed by atoms with Gasteiger partial charge in [-0.25, -0.2) is 0 Å². The summed E-state index contributed by atoms with van der Waals surface area (Å²) in [6.45, 7) is 0. The minimum absolute atomic E-state index is 0.925. The molecule has 0 aromatic carbocycles. The average molecular weight is 224 g/mol. The summed E-state index contributed by atoms with van der Waals surface area (Å²) in [6, 6.07) is 0. The second kappa shape index (κ2) is 3.73. The van der Waals surface area contributed by atoms with Crippen molar-refractivity contribution in [1.29, 1.82) is 0 Å². The second-order valence-corrected chi connectivity index (χ2v) is 6.32. The predicted molar refractivity (Wildman–Crippen MR) is 71.5 cm³/mol. The van der Waals surface area contributed by atoms with Gasteiger partial charge in [0.25, 0.3) is 0 Å². The summed E-state index contributed by atoms with van der Waals surface area (Å²) < 4.78 is 0. The Bertz CT molecular complexity index is 397. The van der Waals surface area contributed by atoms with E-state index in [1.54, 1.807) is 6.42 Å². The van der Waals surface area contributed by atoms with Crippen LogP contribution in [0.4, 0.5) is 0 Å². The molecule has 0 unspecified atom stereocenters.